The zero-order valence-electron chi connectivity index (χ0n) is 11.5. The van der Waals surface area contributed by atoms with Crippen LogP contribution >= 0.6 is 11.3 Å². The Morgan fingerprint density at radius 1 is 1.55 bits per heavy atom. The van der Waals surface area contributed by atoms with Gasteiger partial charge in [0.2, 0.25) is 5.91 Å². The lowest BCUT2D eigenvalue weighted by Crippen LogP contribution is -2.65. The van der Waals surface area contributed by atoms with Crippen molar-refractivity contribution in [1.82, 2.24) is 4.90 Å². The van der Waals surface area contributed by atoms with Crippen LogP contribution in [0.1, 0.15) is 24.2 Å². The van der Waals surface area contributed by atoms with Crippen LogP contribution in [0.25, 0.3) is 0 Å². The number of hydrogen-bond donors (Lipinski definition) is 3. The Balaban J connectivity index is 1.86. The Morgan fingerprint density at radius 3 is 2.75 bits per heavy atom. The van der Waals surface area contributed by atoms with Crippen LogP contribution in [-0.4, -0.2) is 47.1 Å². The van der Waals surface area contributed by atoms with Crippen LogP contribution < -0.4 is 11.1 Å². The van der Waals surface area contributed by atoms with E-state index in [-0.39, 0.29) is 18.4 Å². The zero-order chi connectivity index (χ0) is 14.9. The van der Waals surface area contributed by atoms with Crippen molar-refractivity contribution in [3.63, 3.8) is 0 Å². The van der Waals surface area contributed by atoms with E-state index in [2.05, 4.69) is 5.32 Å². The predicted octanol–water partition coefficient (Wildman–Crippen LogP) is 0.488. The van der Waals surface area contributed by atoms with Crippen LogP contribution in [0, 0.1) is 5.92 Å². The third-order valence-corrected chi connectivity index (χ3v) is 4.45. The summed E-state index contributed by atoms with van der Waals surface area (Å²) in [6.07, 6.45) is 0. The van der Waals surface area contributed by atoms with Crippen molar-refractivity contribution in [2.75, 3.05) is 25.0 Å². The molecule has 20 heavy (non-hydrogen) atoms. The zero-order valence-corrected chi connectivity index (χ0v) is 12.4. The second-order valence-electron chi connectivity index (χ2n) is 5.48. The van der Waals surface area contributed by atoms with Gasteiger partial charge in [0.05, 0.1) is 17.7 Å². The van der Waals surface area contributed by atoms with Gasteiger partial charge in [-0.15, -0.1) is 11.3 Å². The van der Waals surface area contributed by atoms with Crippen molar-refractivity contribution in [2.24, 2.45) is 11.7 Å². The maximum absolute atomic E-state index is 11.9. The molecule has 110 valence electrons. The number of amides is 2. The van der Waals surface area contributed by atoms with Gasteiger partial charge >= 0.3 is 0 Å². The minimum atomic E-state index is -0.693. The van der Waals surface area contributed by atoms with E-state index in [0.717, 1.165) is 0 Å². The molecule has 1 fully saturated rings. The molecule has 1 saturated heterocycles. The summed E-state index contributed by atoms with van der Waals surface area (Å²) in [6.45, 7) is 5.10. The SMILES string of the molecule is CC(C)C1(O)CN(CC(=O)Nc2sccc2C(N)=O)C1. The molecule has 1 aromatic rings. The van der Waals surface area contributed by atoms with Crippen molar-refractivity contribution in [3.8, 4) is 0 Å². The number of likely N-dealkylation sites (tertiary alicyclic amines) is 1. The number of nitrogens with zero attached hydrogens (tertiary/aromatic N) is 1. The van der Waals surface area contributed by atoms with Crippen LogP contribution in [0.15, 0.2) is 11.4 Å². The number of β-amino-alcohol motifs (C(OH)–C–C–N with tert-alkyl or cyclic N) is 1. The summed E-state index contributed by atoms with van der Waals surface area (Å²) in [7, 11) is 0. The van der Waals surface area contributed by atoms with Gasteiger partial charge < -0.3 is 16.2 Å². The monoisotopic (exact) mass is 297 g/mol. The number of carbonyl (C=O) groups excluding carboxylic acids is 2. The fourth-order valence-corrected chi connectivity index (χ4v) is 2.98. The average molecular weight is 297 g/mol. The lowest BCUT2D eigenvalue weighted by molar-refractivity contribution is -0.139. The van der Waals surface area contributed by atoms with Gasteiger partial charge in [-0.3, -0.25) is 14.5 Å². The molecule has 0 aromatic carbocycles. The summed E-state index contributed by atoms with van der Waals surface area (Å²) in [6, 6.07) is 1.59. The first-order valence-electron chi connectivity index (χ1n) is 6.44. The van der Waals surface area contributed by atoms with E-state index in [1.807, 2.05) is 18.7 Å². The van der Waals surface area contributed by atoms with Crippen LogP contribution in [0.3, 0.4) is 0 Å². The maximum Gasteiger partial charge on any atom is 0.251 e. The Kier molecular flexibility index (Phi) is 4.12. The number of aliphatic hydroxyl groups is 1. The van der Waals surface area contributed by atoms with Crippen molar-refractivity contribution >= 4 is 28.2 Å². The molecule has 2 rings (SSSR count). The Hall–Kier alpha value is -1.44. The maximum atomic E-state index is 11.9. The third-order valence-electron chi connectivity index (χ3n) is 3.62. The van der Waals surface area contributed by atoms with Crippen LogP contribution in [-0.2, 0) is 4.79 Å². The highest BCUT2D eigenvalue weighted by Gasteiger charge is 2.43. The molecule has 1 aromatic heterocycles. The van der Waals surface area contributed by atoms with Crippen molar-refractivity contribution in [3.05, 3.63) is 17.0 Å². The topological polar surface area (TPSA) is 95.7 Å². The van der Waals surface area contributed by atoms with Gasteiger partial charge in [0.15, 0.2) is 0 Å². The van der Waals surface area contributed by atoms with Gasteiger partial charge in [-0.05, 0) is 17.4 Å². The minimum Gasteiger partial charge on any atom is -0.387 e. The van der Waals surface area contributed by atoms with E-state index in [4.69, 9.17) is 5.73 Å². The van der Waals surface area contributed by atoms with Gasteiger partial charge in [-0.1, -0.05) is 13.8 Å². The van der Waals surface area contributed by atoms with Crippen molar-refractivity contribution in [2.45, 2.75) is 19.4 Å². The number of anilines is 1. The summed E-state index contributed by atoms with van der Waals surface area (Å²) in [5.74, 6) is -0.596. The second kappa shape index (κ2) is 5.51. The largest absolute Gasteiger partial charge is 0.387 e. The fraction of sp³-hybridized carbons (Fsp3) is 0.538. The normalized spacial score (nSPS) is 17.8. The molecule has 0 bridgehead atoms. The molecular weight excluding hydrogens is 278 g/mol. The van der Waals surface area contributed by atoms with Gasteiger partial charge in [-0.25, -0.2) is 0 Å². The fourth-order valence-electron chi connectivity index (χ4n) is 2.17. The molecule has 1 aliphatic heterocycles. The van der Waals surface area contributed by atoms with E-state index in [1.165, 1.54) is 11.3 Å². The molecule has 0 unspecified atom stereocenters. The van der Waals surface area contributed by atoms with Gasteiger partial charge in [0, 0.05) is 13.1 Å². The molecular formula is C13H19N3O3S. The Morgan fingerprint density at radius 2 is 2.20 bits per heavy atom. The summed E-state index contributed by atoms with van der Waals surface area (Å²) in [4.78, 5) is 24.9. The smallest absolute Gasteiger partial charge is 0.251 e. The number of hydrogen-bond acceptors (Lipinski definition) is 5. The molecule has 0 saturated carbocycles. The molecule has 0 radical (unpaired) electrons. The molecule has 1 aliphatic rings. The first-order valence-corrected chi connectivity index (χ1v) is 7.31. The molecule has 4 N–H and O–H groups in total. The van der Waals surface area contributed by atoms with Crippen molar-refractivity contribution < 1.29 is 14.7 Å². The van der Waals surface area contributed by atoms with E-state index in [0.29, 0.717) is 23.7 Å². The molecule has 0 spiro atoms. The summed E-state index contributed by atoms with van der Waals surface area (Å²) >= 11 is 1.26. The van der Waals surface area contributed by atoms with Gasteiger partial charge in [-0.2, -0.15) is 0 Å². The van der Waals surface area contributed by atoms with E-state index >= 15 is 0 Å². The minimum absolute atomic E-state index is 0.167. The number of nitrogens with one attached hydrogen (secondary N) is 1. The Labute approximate surface area is 121 Å². The quantitative estimate of drug-likeness (QED) is 0.737. The number of carbonyl (C=O) groups is 2. The van der Waals surface area contributed by atoms with E-state index < -0.39 is 11.5 Å². The van der Waals surface area contributed by atoms with Crippen LogP contribution in [0.4, 0.5) is 5.00 Å². The van der Waals surface area contributed by atoms with E-state index in [1.54, 1.807) is 11.4 Å². The lowest BCUT2D eigenvalue weighted by atomic mass is 9.83. The number of primary amides is 1. The first kappa shape index (κ1) is 15.0. The Bertz CT molecular complexity index is 521. The summed E-state index contributed by atoms with van der Waals surface area (Å²) in [5.41, 5.74) is 4.85. The molecule has 2 heterocycles. The number of nitrogens with two attached hydrogens (primary N) is 1. The second-order valence-corrected chi connectivity index (χ2v) is 6.40. The van der Waals surface area contributed by atoms with Crippen LogP contribution in [0.5, 0.6) is 0 Å². The highest BCUT2D eigenvalue weighted by Crippen LogP contribution is 2.28. The van der Waals surface area contributed by atoms with Crippen LogP contribution in [0.2, 0.25) is 0 Å². The number of rotatable bonds is 5. The average Bonchev–Trinajstić information content (AvgIpc) is 2.74. The molecule has 2 amide bonds. The lowest BCUT2D eigenvalue weighted by Gasteiger charge is -2.48. The molecule has 0 atom stereocenters. The highest BCUT2D eigenvalue weighted by molar-refractivity contribution is 7.14. The van der Waals surface area contributed by atoms with Crippen molar-refractivity contribution in [1.29, 1.82) is 0 Å². The van der Waals surface area contributed by atoms with Gasteiger partial charge in [0.25, 0.3) is 5.91 Å². The highest BCUT2D eigenvalue weighted by atomic mass is 32.1. The summed E-state index contributed by atoms with van der Waals surface area (Å²) in [5, 5.41) is 15.0. The third kappa shape index (κ3) is 3.00. The van der Waals surface area contributed by atoms with Gasteiger partial charge in [0.1, 0.15) is 5.00 Å². The number of thiophene rings is 1. The summed E-state index contributed by atoms with van der Waals surface area (Å²) < 4.78 is 0. The molecule has 6 nitrogen and oxygen atoms in total. The molecule has 7 heteroatoms. The first-order chi connectivity index (χ1) is 9.32. The predicted molar refractivity (Wildman–Crippen MR) is 77.7 cm³/mol. The molecule has 0 aliphatic carbocycles. The van der Waals surface area contributed by atoms with E-state index in [9.17, 15) is 14.7 Å². The standard InChI is InChI=1S/C13H19N3O3S/c1-8(2)13(19)6-16(7-13)5-10(17)15-12-9(11(14)18)3-4-20-12/h3-4,8,19H,5-7H2,1-2H3,(H2,14,18)(H,15,17).